The van der Waals surface area contributed by atoms with Crippen LogP contribution in [-0.2, 0) is 16.1 Å². The molecule has 6 nitrogen and oxygen atoms in total. The third-order valence-electron chi connectivity index (χ3n) is 5.20. The first-order valence-corrected chi connectivity index (χ1v) is 11.7. The van der Waals surface area contributed by atoms with E-state index in [1.54, 1.807) is 18.9 Å². The largest absolute Gasteiger partial charge is 0.497 e. The Morgan fingerprint density at radius 2 is 1.78 bits per heavy atom. The molecule has 7 heteroatoms. The van der Waals surface area contributed by atoms with Crippen molar-refractivity contribution in [3.63, 3.8) is 0 Å². The summed E-state index contributed by atoms with van der Waals surface area (Å²) in [6.45, 7) is 8.66. The molecule has 32 heavy (non-hydrogen) atoms. The van der Waals surface area contributed by atoms with Gasteiger partial charge in [0.15, 0.2) is 6.61 Å². The Balaban J connectivity index is 2.15. The molecule has 2 rings (SSSR count). The van der Waals surface area contributed by atoms with Crippen molar-refractivity contribution in [1.82, 2.24) is 10.2 Å². The van der Waals surface area contributed by atoms with Crippen molar-refractivity contribution < 1.29 is 19.1 Å². The van der Waals surface area contributed by atoms with Crippen LogP contribution in [0.5, 0.6) is 11.5 Å². The normalized spacial score (nSPS) is 11.7. The zero-order valence-corrected chi connectivity index (χ0v) is 21.1. The van der Waals surface area contributed by atoms with Gasteiger partial charge in [0.1, 0.15) is 17.5 Å². The van der Waals surface area contributed by atoms with Crippen molar-refractivity contribution in [2.45, 2.75) is 52.6 Å². The molecule has 0 fully saturated rings. The quantitative estimate of drug-likeness (QED) is 0.472. The molecule has 0 saturated carbocycles. The zero-order valence-electron chi connectivity index (χ0n) is 19.5. The second kappa shape index (κ2) is 12.5. The minimum absolute atomic E-state index is 0.165. The van der Waals surface area contributed by atoms with E-state index in [0.29, 0.717) is 24.8 Å². The summed E-state index contributed by atoms with van der Waals surface area (Å²) in [6, 6.07) is 12.7. The lowest BCUT2D eigenvalue weighted by Crippen LogP contribution is -2.49. The highest BCUT2D eigenvalue weighted by Crippen LogP contribution is 2.29. The third-order valence-corrected chi connectivity index (χ3v) is 5.82. The Bertz CT molecular complexity index is 899. The highest BCUT2D eigenvalue weighted by Gasteiger charge is 2.26. The first-order chi connectivity index (χ1) is 15.3. The highest BCUT2D eigenvalue weighted by atomic mass is 79.9. The predicted octanol–water partition coefficient (Wildman–Crippen LogP) is 4.90. The molecular weight excluding hydrogens is 472 g/mol. The van der Waals surface area contributed by atoms with Crippen LogP contribution in [-0.4, -0.2) is 43.0 Å². The summed E-state index contributed by atoms with van der Waals surface area (Å²) in [5, 5.41) is 2.87. The van der Waals surface area contributed by atoms with Gasteiger partial charge in [0, 0.05) is 13.1 Å². The lowest BCUT2D eigenvalue weighted by Gasteiger charge is -2.29. The average molecular weight is 505 g/mol. The number of carbonyl (C=O) groups excluding carboxylic acids is 2. The highest BCUT2D eigenvalue weighted by molar-refractivity contribution is 9.10. The Morgan fingerprint density at radius 1 is 1.09 bits per heavy atom. The third kappa shape index (κ3) is 7.26. The number of carbonyl (C=O) groups is 2. The van der Waals surface area contributed by atoms with Crippen LogP contribution in [0.3, 0.4) is 0 Å². The number of nitrogens with one attached hydrogen (secondary N) is 1. The summed E-state index contributed by atoms with van der Waals surface area (Å²) in [5.74, 6) is 1.27. The van der Waals surface area contributed by atoms with Gasteiger partial charge in [-0.15, -0.1) is 0 Å². The van der Waals surface area contributed by atoms with E-state index in [1.165, 1.54) is 5.56 Å². The SMILES string of the molecule is CCCNC(=O)C(C)N(Cc1ccc(OC)cc1)C(=O)COc1ccc(C(C)C)cc1Br. The summed E-state index contributed by atoms with van der Waals surface area (Å²) in [5.41, 5.74) is 2.08. The van der Waals surface area contributed by atoms with E-state index in [2.05, 4.69) is 35.1 Å². The van der Waals surface area contributed by atoms with E-state index >= 15 is 0 Å². The molecule has 2 aromatic rings. The van der Waals surface area contributed by atoms with Crippen LogP contribution in [0.15, 0.2) is 46.9 Å². The summed E-state index contributed by atoms with van der Waals surface area (Å²) >= 11 is 3.52. The molecule has 2 aromatic carbocycles. The van der Waals surface area contributed by atoms with Crippen LogP contribution in [0, 0.1) is 0 Å². The maximum Gasteiger partial charge on any atom is 0.261 e. The fourth-order valence-corrected chi connectivity index (χ4v) is 3.63. The smallest absolute Gasteiger partial charge is 0.261 e. The number of hydrogen-bond donors (Lipinski definition) is 1. The molecular formula is C25H33BrN2O4. The van der Waals surface area contributed by atoms with Gasteiger partial charge >= 0.3 is 0 Å². The van der Waals surface area contributed by atoms with E-state index in [-0.39, 0.29) is 18.4 Å². The lowest BCUT2D eigenvalue weighted by atomic mass is 10.0. The molecule has 0 bridgehead atoms. The van der Waals surface area contributed by atoms with Crippen LogP contribution in [0.1, 0.15) is 51.2 Å². The summed E-state index contributed by atoms with van der Waals surface area (Å²) in [7, 11) is 1.61. The number of ether oxygens (including phenoxy) is 2. The molecule has 0 aliphatic rings. The molecule has 0 heterocycles. The molecule has 0 radical (unpaired) electrons. The molecule has 0 saturated heterocycles. The van der Waals surface area contributed by atoms with Gasteiger partial charge in [0.05, 0.1) is 11.6 Å². The Kier molecular flexibility index (Phi) is 10.0. The van der Waals surface area contributed by atoms with E-state index < -0.39 is 6.04 Å². The number of amides is 2. The number of rotatable bonds is 11. The summed E-state index contributed by atoms with van der Waals surface area (Å²) in [4.78, 5) is 27.3. The number of methoxy groups -OCH3 is 1. The summed E-state index contributed by atoms with van der Waals surface area (Å²) < 4.78 is 11.8. The van der Waals surface area contributed by atoms with Gasteiger partial charge in [0.2, 0.25) is 5.91 Å². The number of nitrogens with zero attached hydrogens (tertiary/aromatic N) is 1. The van der Waals surface area contributed by atoms with Crippen molar-refractivity contribution in [3.05, 3.63) is 58.1 Å². The van der Waals surface area contributed by atoms with Crippen LogP contribution >= 0.6 is 15.9 Å². The number of halogens is 1. The molecule has 1 N–H and O–H groups in total. The molecule has 2 amide bonds. The predicted molar refractivity (Wildman–Crippen MR) is 130 cm³/mol. The van der Waals surface area contributed by atoms with E-state index in [9.17, 15) is 9.59 Å². The fraction of sp³-hybridized carbons (Fsp3) is 0.440. The Morgan fingerprint density at radius 3 is 2.34 bits per heavy atom. The van der Waals surface area contributed by atoms with E-state index in [0.717, 1.165) is 22.2 Å². The van der Waals surface area contributed by atoms with Gasteiger partial charge in [-0.2, -0.15) is 0 Å². The molecule has 0 spiro atoms. The minimum atomic E-state index is -0.633. The van der Waals surface area contributed by atoms with Gasteiger partial charge < -0.3 is 19.7 Å². The standard InChI is InChI=1S/C25H33BrN2O4/c1-6-13-27-25(30)18(4)28(15-19-7-10-21(31-5)11-8-19)24(29)16-32-23-12-9-20(17(2)3)14-22(23)26/h7-12,14,17-18H,6,13,15-16H2,1-5H3,(H,27,30). The summed E-state index contributed by atoms with van der Waals surface area (Å²) in [6.07, 6.45) is 0.828. The molecule has 1 unspecified atom stereocenters. The second-order valence-corrected chi connectivity index (χ2v) is 8.82. The van der Waals surface area contributed by atoms with Crippen LogP contribution in [0.25, 0.3) is 0 Å². The monoisotopic (exact) mass is 504 g/mol. The van der Waals surface area contributed by atoms with Crippen molar-refractivity contribution in [3.8, 4) is 11.5 Å². The Labute approximate surface area is 199 Å². The van der Waals surface area contributed by atoms with Crippen LogP contribution < -0.4 is 14.8 Å². The maximum absolute atomic E-state index is 13.1. The molecule has 0 aliphatic carbocycles. The molecule has 1 atom stereocenters. The topological polar surface area (TPSA) is 67.9 Å². The van der Waals surface area contributed by atoms with Crippen molar-refractivity contribution in [2.24, 2.45) is 0 Å². The molecule has 174 valence electrons. The van der Waals surface area contributed by atoms with Crippen molar-refractivity contribution >= 4 is 27.7 Å². The lowest BCUT2D eigenvalue weighted by molar-refractivity contribution is -0.142. The maximum atomic E-state index is 13.1. The van der Waals surface area contributed by atoms with Gasteiger partial charge in [-0.3, -0.25) is 9.59 Å². The average Bonchev–Trinajstić information content (AvgIpc) is 2.79. The first-order valence-electron chi connectivity index (χ1n) is 10.9. The van der Waals surface area contributed by atoms with Gasteiger partial charge in [0.25, 0.3) is 5.91 Å². The Hall–Kier alpha value is -2.54. The van der Waals surface area contributed by atoms with Crippen molar-refractivity contribution in [2.75, 3.05) is 20.3 Å². The van der Waals surface area contributed by atoms with Gasteiger partial charge in [-0.05, 0) is 70.6 Å². The van der Waals surface area contributed by atoms with Gasteiger partial charge in [-0.1, -0.05) is 39.0 Å². The fourth-order valence-electron chi connectivity index (χ4n) is 3.12. The molecule has 0 aromatic heterocycles. The second-order valence-electron chi connectivity index (χ2n) is 7.97. The number of hydrogen-bond acceptors (Lipinski definition) is 4. The first kappa shape index (κ1) is 25.7. The number of benzene rings is 2. The zero-order chi connectivity index (χ0) is 23.7. The van der Waals surface area contributed by atoms with Crippen LogP contribution in [0.4, 0.5) is 0 Å². The molecule has 0 aliphatic heterocycles. The van der Waals surface area contributed by atoms with Crippen LogP contribution in [0.2, 0.25) is 0 Å². The van der Waals surface area contributed by atoms with Crippen molar-refractivity contribution in [1.29, 1.82) is 0 Å². The van der Waals surface area contributed by atoms with E-state index in [4.69, 9.17) is 9.47 Å². The van der Waals surface area contributed by atoms with Gasteiger partial charge in [-0.25, -0.2) is 0 Å². The van der Waals surface area contributed by atoms with E-state index in [1.807, 2.05) is 49.4 Å². The minimum Gasteiger partial charge on any atom is -0.497 e.